The van der Waals surface area contributed by atoms with Crippen LogP contribution in [0.2, 0.25) is 0 Å². The van der Waals surface area contributed by atoms with Gasteiger partial charge in [0.1, 0.15) is 6.04 Å². The quantitative estimate of drug-likeness (QED) is 0.641. The molecule has 0 bridgehead atoms. The van der Waals surface area contributed by atoms with E-state index in [0.717, 1.165) is 16.8 Å². The number of rotatable bonds is 8. The summed E-state index contributed by atoms with van der Waals surface area (Å²) in [6.07, 6.45) is 0.710. The van der Waals surface area contributed by atoms with E-state index >= 15 is 0 Å². The van der Waals surface area contributed by atoms with Gasteiger partial charge in [-0.2, -0.15) is 0 Å². The van der Waals surface area contributed by atoms with Gasteiger partial charge in [-0.15, -0.1) is 0 Å². The zero-order valence-electron chi connectivity index (χ0n) is 17.4. The third-order valence-electron chi connectivity index (χ3n) is 4.99. The molecule has 2 rings (SSSR count). The molecule has 0 aromatic heterocycles. The van der Waals surface area contributed by atoms with Crippen molar-refractivity contribution in [2.24, 2.45) is 5.92 Å². The first-order valence-electron chi connectivity index (χ1n) is 9.83. The third-order valence-corrected chi connectivity index (χ3v) is 4.99. The van der Waals surface area contributed by atoms with Gasteiger partial charge in [0.2, 0.25) is 11.8 Å². The maximum Gasteiger partial charge on any atom is 0.251 e. The van der Waals surface area contributed by atoms with Crippen LogP contribution < -0.4 is 16.0 Å². The van der Waals surface area contributed by atoms with E-state index in [4.69, 9.17) is 0 Å². The molecule has 2 atom stereocenters. The van der Waals surface area contributed by atoms with Gasteiger partial charge in [-0.3, -0.25) is 14.4 Å². The van der Waals surface area contributed by atoms with Gasteiger partial charge in [0.05, 0.1) is 6.54 Å². The molecule has 3 N–H and O–H groups in total. The highest BCUT2D eigenvalue weighted by atomic mass is 16.2. The molecule has 0 heterocycles. The van der Waals surface area contributed by atoms with Crippen molar-refractivity contribution in [3.63, 3.8) is 0 Å². The van der Waals surface area contributed by atoms with E-state index in [0.29, 0.717) is 12.0 Å². The summed E-state index contributed by atoms with van der Waals surface area (Å²) in [5, 5.41) is 8.28. The number of hydrogen-bond donors (Lipinski definition) is 3. The predicted octanol–water partition coefficient (Wildman–Crippen LogP) is 3.20. The van der Waals surface area contributed by atoms with Crippen LogP contribution in [0.15, 0.2) is 48.5 Å². The Labute approximate surface area is 172 Å². The van der Waals surface area contributed by atoms with Crippen LogP contribution in [-0.4, -0.2) is 30.3 Å². The molecule has 0 aliphatic carbocycles. The van der Waals surface area contributed by atoms with Crippen molar-refractivity contribution in [1.82, 2.24) is 10.6 Å². The highest BCUT2D eigenvalue weighted by Crippen LogP contribution is 2.19. The Hall–Kier alpha value is -3.15. The molecule has 154 valence electrons. The summed E-state index contributed by atoms with van der Waals surface area (Å²) in [6, 6.07) is 13.8. The Balaban J connectivity index is 1.99. The maximum absolute atomic E-state index is 12.7. The molecule has 2 unspecified atom stereocenters. The van der Waals surface area contributed by atoms with Gasteiger partial charge in [-0.1, -0.05) is 56.7 Å². The van der Waals surface area contributed by atoms with E-state index in [-0.39, 0.29) is 30.2 Å². The van der Waals surface area contributed by atoms with Crippen molar-refractivity contribution in [3.05, 3.63) is 65.2 Å². The molecule has 29 heavy (non-hydrogen) atoms. The average molecular weight is 396 g/mol. The second-order valence-electron chi connectivity index (χ2n) is 7.24. The minimum absolute atomic E-state index is 0.0793. The number of anilines is 1. The monoisotopic (exact) mass is 395 g/mol. The molecule has 6 heteroatoms. The molecule has 0 aliphatic heterocycles. The summed E-state index contributed by atoms with van der Waals surface area (Å²) in [7, 11) is 0. The molecule has 6 nitrogen and oxygen atoms in total. The second-order valence-corrected chi connectivity index (χ2v) is 7.24. The van der Waals surface area contributed by atoms with E-state index < -0.39 is 6.04 Å². The first-order valence-corrected chi connectivity index (χ1v) is 9.83. The molecule has 0 fully saturated rings. The lowest BCUT2D eigenvalue weighted by molar-refractivity contribution is -0.126. The maximum atomic E-state index is 12.7. The lowest BCUT2D eigenvalue weighted by atomic mass is 9.98. The summed E-state index contributed by atoms with van der Waals surface area (Å²) >= 11 is 0. The summed E-state index contributed by atoms with van der Waals surface area (Å²) < 4.78 is 0. The van der Waals surface area contributed by atoms with Crippen LogP contribution in [0.5, 0.6) is 0 Å². The van der Waals surface area contributed by atoms with Gasteiger partial charge in [-0.25, -0.2) is 0 Å². The lowest BCUT2D eigenvalue weighted by Gasteiger charge is -2.23. The minimum Gasteiger partial charge on any atom is -0.345 e. The summed E-state index contributed by atoms with van der Waals surface area (Å²) in [6.45, 7) is 7.51. The van der Waals surface area contributed by atoms with Crippen molar-refractivity contribution in [1.29, 1.82) is 0 Å². The number of carbonyl (C=O) groups is 3. The van der Waals surface area contributed by atoms with Crippen molar-refractivity contribution in [2.75, 3.05) is 11.9 Å². The molecule has 0 saturated carbocycles. The second kappa shape index (κ2) is 10.4. The zero-order valence-corrected chi connectivity index (χ0v) is 17.4. The standard InChI is InChI=1S/C23H29N3O3/c1-5-15(2)21(26-22(28)18-12-7-6-8-13-18)23(29)24-14-19(27)25-20-16(3)10-9-11-17(20)4/h6-13,15,21H,5,14H2,1-4H3,(H,24,29)(H,25,27)(H,26,28). The molecule has 0 saturated heterocycles. The lowest BCUT2D eigenvalue weighted by Crippen LogP contribution is -2.51. The minimum atomic E-state index is -0.722. The molecular formula is C23H29N3O3. The van der Waals surface area contributed by atoms with Crippen molar-refractivity contribution >= 4 is 23.4 Å². The Kier molecular flexibility index (Phi) is 7.95. The van der Waals surface area contributed by atoms with Crippen LogP contribution in [0.25, 0.3) is 0 Å². The number of nitrogens with one attached hydrogen (secondary N) is 3. The molecule has 3 amide bonds. The van der Waals surface area contributed by atoms with E-state index in [1.807, 2.05) is 52.0 Å². The highest BCUT2D eigenvalue weighted by molar-refractivity contribution is 5.99. The normalized spacial score (nSPS) is 12.6. The first-order chi connectivity index (χ1) is 13.8. The fourth-order valence-electron chi connectivity index (χ4n) is 2.99. The number of benzene rings is 2. The van der Waals surface area contributed by atoms with Crippen molar-refractivity contribution < 1.29 is 14.4 Å². The van der Waals surface area contributed by atoms with Gasteiger partial charge in [0.25, 0.3) is 5.91 Å². The number of amides is 3. The number of hydrogen-bond acceptors (Lipinski definition) is 3. The van der Waals surface area contributed by atoms with Crippen LogP contribution in [0.4, 0.5) is 5.69 Å². The van der Waals surface area contributed by atoms with Gasteiger partial charge in [-0.05, 0) is 43.0 Å². The average Bonchev–Trinajstić information content (AvgIpc) is 2.72. The van der Waals surface area contributed by atoms with Gasteiger partial charge in [0, 0.05) is 11.3 Å². The molecule has 0 spiro atoms. The van der Waals surface area contributed by atoms with E-state index in [1.54, 1.807) is 24.3 Å². The predicted molar refractivity (Wildman–Crippen MR) is 115 cm³/mol. The summed E-state index contributed by atoms with van der Waals surface area (Å²) in [5.41, 5.74) is 3.15. The van der Waals surface area contributed by atoms with E-state index in [9.17, 15) is 14.4 Å². The molecule has 2 aromatic carbocycles. The number of aryl methyl sites for hydroxylation is 2. The number of para-hydroxylation sites is 1. The fourth-order valence-corrected chi connectivity index (χ4v) is 2.99. The van der Waals surface area contributed by atoms with E-state index in [1.165, 1.54) is 0 Å². The Bertz CT molecular complexity index is 845. The van der Waals surface area contributed by atoms with Crippen molar-refractivity contribution in [2.45, 2.75) is 40.2 Å². The number of carbonyl (C=O) groups excluding carboxylic acids is 3. The van der Waals surface area contributed by atoms with Crippen LogP contribution in [0.1, 0.15) is 41.8 Å². The largest absolute Gasteiger partial charge is 0.345 e. The molecule has 0 aliphatic rings. The highest BCUT2D eigenvalue weighted by Gasteiger charge is 2.26. The molecular weight excluding hydrogens is 366 g/mol. The summed E-state index contributed by atoms with van der Waals surface area (Å²) in [5.74, 6) is -1.08. The smallest absolute Gasteiger partial charge is 0.251 e. The zero-order chi connectivity index (χ0) is 21.4. The fraction of sp³-hybridized carbons (Fsp3) is 0.348. The Morgan fingerprint density at radius 3 is 2.14 bits per heavy atom. The first kappa shape index (κ1) is 22.1. The summed E-state index contributed by atoms with van der Waals surface area (Å²) in [4.78, 5) is 37.5. The Morgan fingerprint density at radius 1 is 0.931 bits per heavy atom. The van der Waals surface area contributed by atoms with Crippen LogP contribution in [0.3, 0.4) is 0 Å². The van der Waals surface area contributed by atoms with Crippen LogP contribution in [-0.2, 0) is 9.59 Å². The van der Waals surface area contributed by atoms with Crippen LogP contribution in [0, 0.1) is 19.8 Å². The van der Waals surface area contributed by atoms with Gasteiger partial charge >= 0.3 is 0 Å². The van der Waals surface area contributed by atoms with E-state index in [2.05, 4.69) is 16.0 Å². The molecule has 0 radical (unpaired) electrons. The molecule has 2 aromatic rings. The van der Waals surface area contributed by atoms with Gasteiger partial charge < -0.3 is 16.0 Å². The Morgan fingerprint density at radius 2 is 1.55 bits per heavy atom. The van der Waals surface area contributed by atoms with Crippen LogP contribution >= 0.6 is 0 Å². The van der Waals surface area contributed by atoms with Gasteiger partial charge in [0.15, 0.2) is 0 Å². The van der Waals surface area contributed by atoms with Crippen molar-refractivity contribution in [3.8, 4) is 0 Å². The topological polar surface area (TPSA) is 87.3 Å². The SMILES string of the molecule is CCC(C)C(NC(=O)c1ccccc1)C(=O)NCC(=O)Nc1c(C)cccc1C. The third kappa shape index (κ3) is 6.17.